The molecule has 1 amide bonds. The van der Waals surface area contributed by atoms with Crippen molar-refractivity contribution in [1.29, 1.82) is 0 Å². The van der Waals surface area contributed by atoms with E-state index in [0.29, 0.717) is 6.54 Å². The van der Waals surface area contributed by atoms with Gasteiger partial charge in [0.2, 0.25) is 0 Å². The first kappa shape index (κ1) is 33.1. The van der Waals surface area contributed by atoms with Crippen LogP contribution in [0.4, 0.5) is 0 Å². The monoisotopic (exact) mass is 560 g/mol. The SMILES string of the molecule is CCCCCCCCCCCCNC(=O)[C@@H](OCc1ccccc1)[C@H]1OC(N=[N+]=[N-])[C@H](OC(C)=O)[C@H]1OC(C)=O. The fourth-order valence-corrected chi connectivity index (χ4v) is 4.70. The van der Waals surface area contributed by atoms with E-state index in [0.717, 1.165) is 24.8 Å². The first-order valence-corrected chi connectivity index (χ1v) is 14.3. The molecule has 1 aromatic carbocycles. The predicted octanol–water partition coefficient (Wildman–Crippen LogP) is 5.51. The second-order valence-electron chi connectivity index (χ2n) is 10.0. The quantitative estimate of drug-likeness (QED) is 0.0771. The largest absolute Gasteiger partial charge is 0.456 e. The Morgan fingerprint density at radius 3 is 2.08 bits per heavy atom. The lowest BCUT2D eigenvalue weighted by Crippen LogP contribution is -2.50. The van der Waals surface area contributed by atoms with E-state index in [1.165, 1.54) is 58.8 Å². The van der Waals surface area contributed by atoms with Gasteiger partial charge >= 0.3 is 11.9 Å². The molecule has 222 valence electrons. The Morgan fingerprint density at radius 1 is 0.925 bits per heavy atom. The molecule has 0 saturated carbocycles. The van der Waals surface area contributed by atoms with E-state index in [9.17, 15) is 14.4 Å². The van der Waals surface area contributed by atoms with Crippen molar-refractivity contribution >= 4 is 17.8 Å². The van der Waals surface area contributed by atoms with Gasteiger partial charge in [-0.15, -0.1) is 0 Å². The molecule has 0 spiro atoms. The molecular formula is C29H44N4O7. The highest BCUT2D eigenvalue weighted by Crippen LogP contribution is 2.32. The number of benzene rings is 1. The van der Waals surface area contributed by atoms with Gasteiger partial charge < -0.3 is 24.3 Å². The highest BCUT2D eigenvalue weighted by atomic mass is 16.7. The molecule has 11 heteroatoms. The maximum atomic E-state index is 13.4. The lowest BCUT2D eigenvalue weighted by Gasteiger charge is -2.28. The molecule has 1 aliphatic heterocycles. The standard InChI is InChI=1S/C29H44N4O7/c1-4-5-6-7-8-9-10-11-12-16-19-31-28(36)26(37-20-23-17-14-13-15-18-23)24-25(38-21(2)34)27(39-22(3)35)29(40-24)32-33-30/h13-15,17-18,24-27,29H,4-12,16,19-20H2,1-3H3,(H,31,36)/t24-,25-,26-,27+,29?/m0/s1. The average molecular weight is 561 g/mol. The third kappa shape index (κ3) is 11.9. The van der Waals surface area contributed by atoms with Crippen molar-refractivity contribution < 1.29 is 33.3 Å². The van der Waals surface area contributed by atoms with Crippen molar-refractivity contribution in [2.24, 2.45) is 5.11 Å². The van der Waals surface area contributed by atoms with Crippen LogP contribution in [0, 0.1) is 0 Å². The van der Waals surface area contributed by atoms with Crippen LogP contribution in [0.15, 0.2) is 35.4 Å². The van der Waals surface area contributed by atoms with Crippen LogP contribution in [-0.4, -0.2) is 55.0 Å². The molecule has 1 aromatic rings. The Labute approximate surface area is 236 Å². The number of amides is 1. The Morgan fingerprint density at radius 2 is 1.50 bits per heavy atom. The first-order valence-electron chi connectivity index (χ1n) is 14.3. The zero-order chi connectivity index (χ0) is 29.2. The molecule has 2 rings (SSSR count). The van der Waals surface area contributed by atoms with Gasteiger partial charge in [0.1, 0.15) is 6.10 Å². The van der Waals surface area contributed by atoms with Gasteiger partial charge in [0.15, 0.2) is 24.5 Å². The Bertz CT molecular complexity index is 955. The molecule has 0 aromatic heterocycles. The van der Waals surface area contributed by atoms with E-state index in [2.05, 4.69) is 22.3 Å². The normalized spacial score (nSPS) is 20.8. The molecule has 1 heterocycles. The first-order chi connectivity index (χ1) is 19.4. The zero-order valence-electron chi connectivity index (χ0n) is 24.0. The van der Waals surface area contributed by atoms with Crippen molar-refractivity contribution in [3.05, 3.63) is 46.3 Å². The second-order valence-corrected chi connectivity index (χ2v) is 10.0. The molecule has 0 bridgehead atoms. The molecule has 1 N–H and O–H groups in total. The molecule has 0 radical (unpaired) electrons. The van der Waals surface area contributed by atoms with Crippen LogP contribution < -0.4 is 5.32 Å². The van der Waals surface area contributed by atoms with Gasteiger partial charge in [-0.3, -0.25) is 14.4 Å². The van der Waals surface area contributed by atoms with Crippen LogP contribution >= 0.6 is 0 Å². The summed E-state index contributed by atoms with van der Waals surface area (Å²) >= 11 is 0. The second kappa shape index (κ2) is 19.0. The highest BCUT2D eigenvalue weighted by Gasteiger charge is 2.53. The van der Waals surface area contributed by atoms with E-state index >= 15 is 0 Å². The molecule has 11 nitrogen and oxygen atoms in total. The number of unbranched alkanes of at least 4 members (excludes halogenated alkanes) is 9. The molecule has 40 heavy (non-hydrogen) atoms. The molecule has 1 aliphatic rings. The molecular weight excluding hydrogens is 516 g/mol. The van der Waals surface area contributed by atoms with Crippen molar-refractivity contribution in [2.45, 2.75) is 122 Å². The maximum absolute atomic E-state index is 13.4. The van der Waals surface area contributed by atoms with Gasteiger partial charge in [-0.05, 0) is 17.5 Å². The average Bonchev–Trinajstić information content (AvgIpc) is 3.23. The smallest absolute Gasteiger partial charge is 0.303 e. The van der Waals surface area contributed by atoms with Gasteiger partial charge in [-0.25, -0.2) is 0 Å². The number of carbonyl (C=O) groups excluding carboxylic acids is 3. The summed E-state index contributed by atoms with van der Waals surface area (Å²) in [5.74, 6) is -1.82. The number of nitrogens with one attached hydrogen (secondary N) is 1. The van der Waals surface area contributed by atoms with Gasteiger partial charge in [0.25, 0.3) is 5.91 Å². The van der Waals surface area contributed by atoms with Gasteiger partial charge in [0, 0.05) is 25.3 Å². The Kier molecular flexibility index (Phi) is 15.7. The third-order valence-corrected chi connectivity index (χ3v) is 6.65. The van der Waals surface area contributed by atoms with Crippen LogP contribution in [0.5, 0.6) is 0 Å². The number of nitrogens with zero attached hydrogens (tertiary/aromatic N) is 3. The predicted molar refractivity (Wildman–Crippen MR) is 149 cm³/mol. The van der Waals surface area contributed by atoms with Crippen molar-refractivity contribution in [2.75, 3.05) is 6.54 Å². The van der Waals surface area contributed by atoms with Gasteiger partial charge in [-0.1, -0.05) is 100 Å². The molecule has 0 aliphatic carbocycles. The fraction of sp³-hybridized carbons (Fsp3) is 0.690. The van der Waals surface area contributed by atoms with Crippen LogP contribution in [0.1, 0.15) is 90.5 Å². The van der Waals surface area contributed by atoms with E-state index in [1.807, 2.05) is 30.3 Å². The number of carbonyl (C=O) groups is 3. The minimum Gasteiger partial charge on any atom is -0.456 e. The van der Waals surface area contributed by atoms with Gasteiger partial charge in [0.05, 0.1) is 6.61 Å². The Hall–Kier alpha value is -3.14. The summed E-state index contributed by atoms with van der Waals surface area (Å²) in [4.78, 5) is 39.8. The van der Waals surface area contributed by atoms with Crippen LogP contribution in [0.3, 0.4) is 0 Å². The van der Waals surface area contributed by atoms with Crippen LogP contribution in [0.25, 0.3) is 10.4 Å². The summed E-state index contributed by atoms with van der Waals surface area (Å²) < 4.78 is 22.6. The lowest BCUT2D eigenvalue weighted by molar-refractivity contribution is -0.169. The molecule has 1 fully saturated rings. The summed E-state index contributed by atoms with van der Waals surface area (Å²) in [6, 6.07) is 9.26. The summed E-state index contributed by atoms with van der Waals surface area (Å²) in [7, 11) is 0. The number of ether oxygens (including phenoxy) is 4. The summed E-state index contributed by atoms with van der Waals surface area (Å²) in [6.07, 6.45) is 5.59. The van der Waals surface area contributed by atoms with E-state index in [4.69, 9.17) is 24.5 Å². The molecule has 5 atom stereocenters. The molecule has 1 saturated heterocycles. The minimum atomic E-state index is -1.30. The topological polar surface area (TPSA) is 149 Å². The minimum absolute atomic E-state index is 0.0776. The number of hydrogen-bond acceptors (Lipinski definition) is 8. The number of hydrogen-bond donors (Lipinski definition) is 1. The highest BCUT2D eigenvalue weighted by molar-refractivity contribution is 5.81. The lowest BCUT2D eigenvalue weighted by atomic mass is 10.0. The maximum Gasteiger partial charge on any atom is 0.303 e. The fourth-order valence-electron chi connectivity index (χ4n) is 4.70. The zero-order valence-corrected chi connectivity index (χ0v) is 24.0. The summed E-state index contributed by atoms with van der Waals surface area (Å²) in [5, 5.41) is 6.46. The van der Waals surface area contributed by atoms with Crippen LogP contribution in [0.2, 0.25) is 0 Å². The van der Waals surface area contributed by atoms with E-state index < -0.39 is 48.5 Å². The van der Waals surface area contributed by atoms with E-state index in [1.54, 1.807) is 0 Å². The van der Waals surface area contributed by atoms with E-state index in [-0.39, 0.29) is 6.61 Å². The number of azide groups is 1. The van der Waals surface area contributed by atoms with Gasteiger partial charge in [-0.2, -0.15) is 0 Å². The van der Waals surface area contributed by atoms with Crippen molar-refractivity contribution in [1.82, 2.24) is 5.32 Å². The van der Waals surface area contributed by atoms with Crippen LogP contribution in [-0.2, 0) is 39.9 Å². The Balaban J connectivity index is 2.04. The summed E-state index contributed by atoms with van der Waals surface area (Å²) in [6.45, 7) is 5.10. The molecule has 1 unspecified atom stereocenters. The van der Waals surface area contributed by atoms with Crippen molar-refractivity contribution in [3.8, 4) is 0 Å². The van der Waals surface area contributed by atoms with Crippen molar-refractivity contribution in [3.63, 3.8) is 0 Å². The summed E-state index contributed by atoms with van der Waals surface area (Å²) in [5.41, 5.74) is 9.84. The third-order valence-electron chi connectivity index (χ3n) is 6.65. The number of esters is 2. The number of rotatable bonds is 19.